The topological polar surface area (TPSA) is 42.2 Å². The van der Waals surface area contributed by atoms with E-state index >= 15 is 0 Å². The van der Waals surface area contributed by atoms with Crippen molar-refractivity contribution in [3.63, 3.8) is 0 Å². The van der Waals surface area contributed by atoms with Gasteiger partial charge in [0.25, 0.3) is 0 Å². The molecule has 0 saturated carbocycles. The molecule has 1 fully saturated rings. The van der Waals surface area contributed by atoms with Crippen LogP contribution >= 0.6 is 0 Å². The standard InChI is InChI=1S/C29H24BNO2/c1-28(2)29(3,4)33-30(32-28)25-15-22-11-9-20-13-24(19-7-5-18(17-31)6-8-19)14-21-10-12-23(16-25)27(22)26(20)21/h5-16H,1-4H3. The third-order valence-electron chi connectivity index (χ3n) is 7.43. The maximum absolute atomic E-state index is 9.09. The Labute approximate surface area is 194 Å². The average molecular weight is 429 g/mol. The lowest BCUT2D eigenvalue weighted by Gasteiger charge is -2.32. The van der Waals surface area contributed by atoms with Crippen molar-refractivity contribution >= 4 is 44.9 Å². The Morgan fingerprint density at radius 3 is 1.55 bits per heavy atom. The van der Waals surface area contributed by atoms with Gasteiger partial charge in [0, 0.05) is 0 Å². The zero-order valence-corrected chi connectivity index (χ0v) is 19.3. The van der Waals surface area contributed by atoms with Crippen LogP contribution in [0.2, 0.25) is 0 Å². The summed E-state index contributed by atoms with van der Waals surface area (Å²) in [4.78, 5) is 0. The fraction of sp³-hybridized carbons (Fsp3) is 0.207. The molecule has 1 aliphatic heterocycles. The molecule has 0 bridgehead atoms. The van der Waals surface area contributed by atoms with E-state index in [4.69, 9.17) is 14.6 Å². The van der Waals surface area contributed by atoms with E-state index in [1.807, 2.05) is 24.3 Å². The predicted octanol–water partition coefficient (Wildman–Crippen LogP) is 6.42. The molecule has 0 spiro atoms. The van der Waals surface area contributed by atoms with Gasteiger partial charge in [-0.25, -0.2) is 0 Å². The van der Waals surface area contributed by atoms with E-state index in [0.29, 0.717) is 5.56 Å². The molecule has 0 atom stereocenters. The number of nitriles is 1. The summed E-state index contributed by atoms with van der Waals surface area (Å²) in [5.41, 5.74) is 3.27. The summed E-state index contributed by atoms with van der Waals surface area (Å²) in [7, 11) is -0.375. The first-order valence-electron chi connectivity index (χ1n) is 11.3. The first-order chi connectivity index (χ1) is 15.8. The third-order valence-corrected chi connectivity index (χ3v) is 7.43. The maximum Gasteiger partial charge on any atom is 0.494 e. The quantitative estimate of drug-likeness (QED) is 0.240. The van der Waals surface area contributed by atoms with Crippen LogP contribution in [0.1, 0.15) is 33.3 Å². The largest absolute Gasteiger partial charge is 0.494 e. The lowest BCUT2D eigenvalue weighted by atomic mass is 9.76. The number of hydrogen-bond donors (Lipinski definition) is 0. The van der Waals surface area contributed by atoms with E-state index < -0.39 is 0 Å². The summed E-state index contributed by atoms with van der Waals surface area (Å²) in [6.45, 7) is 8.35. The van der Waals surface area contributed by atoms with Crippen LogP contribution in [0.15, 0.2) is 72.8 Å². The summed E-state index contributed by atoms with van der Waals surface area (Å²) < 4.78 is 12.6. The first kappa shape index (κ1) is 20.2. The molecule has 1 aliphatic rings. The van der Waals surface area contributed by atoms with E-state index in [-0.39, 0.29) is 18.3 Å². The van der Waals surface area contributed by atoms with Crippen LogP contribution in [0, 0.1) is 11.3 Å². The minimum Gasteiger partial charge on any atom is -0.399 e. The molecule has 0 unspecified atom stereocenters. The van der Waals surface area contributed by atoms with Crippen molar-refractivity contribution in [3.8, 4) is 17.2 Å². The van der Waals surface area contributed by atoms with Crippen LogP contribution in [-0.4, -0.2) is 18.3 Å². The Kier molecular flexibility index (Phi) is 4.18. The second-order valence-corrected chi connectivity index (χ2v) is 10.0. The normalized spacial score (nSPS) is 17.2. The molecule has 33 heavy (non-hydrogen) atoms. The lowest BCUT2D eigenvalue weighted by Crippen LogP contribution is -2.41. The van der Waals surface area contributed by atoms with E-state index in [2.05, 4.69) is 82.3 Å². The fourth-order valence-electron chi connectivity index (χ4n) is 4.88. The molecule has 3 nitrogen and oxygen atoms in total. The van der Waals surface area contributed by atoms with Crippen LogP contribution in [0.5, 0.6) is 0 Å². The summed E-state index contributed by atoms with van der Waals surface area (Å²) in [6.07, 6.45) is 0. The summed E-state index contributed by atoms with van der Waals surface area (Å²) in [5, 5.41) is 16.5. The molecule has 0 radical (unpaired) electrons. The van der Waals surface area contributed by atoms with Gasteiger partial charge in [-0.3, -0.25) is 0 Å². The number of nitrogens with zero attached hydrogens (tertiary/aromatic N) is 1. The molecule has 1 saturated heterocycles. The predicted molar refractivity (Wildman–Crippen MR) is 136 cm³/mol. The lowest BCUT2D eigenvalue weighted by molar-refractivity contribution is 0.00578. The molecule has 1 heterocycles. The smallest absolute Gasteiger partial charge is 0.399 e. The molecule has 160 valence electrons. The second kappa shape index (κ2) is 6.81. The molecular weight excluding hydrogens is 405 g/mol. The van der Waals surface area contributed by atoms with Gasteiger partial charge in [0.05, 0.1) is 22.8 Å². The molecule has 0 aliphatic carbocycles. The van der Waals surface area contributed by atoms with E-state index in [9.17, 15) is 0 Å². The monoisotopic (exact) mass is 429 g/mol. The third kappa shape index (κ3) is 3.04. The van der Waals surface area contributed by atoms with Crippen molar-refractivity contribution in [1.82, 2.24) is 0 Å². The Balaban J connectivity index is 1.50. The summed E-state index contributed by atoms with van der Waals surface area (Å²) in [6, 6.07) is 27.7. The van der Waals surface area contributed by atoms with Crippen molar-refractivity contribution in [2.75, 3.05) is 0 Å². The van der Waals surface area contributed by atoms with Crippen LogP contribution in [0.3, 0.4) is 0 Å². The Morgan fingerprint density at radius 2 is 1.09 bits per heavy atom. The molecule has 6 rings (SSSR count). The van der Waals surface area contributed by atoms with E-state index in [1.54, 1.807) is 0 Å². The van der Waals surface area contributed by atoms with Crippen molar-refractivity contribution in [3.05, 3.63) is 78.4 Å². The Hall–Kier alpha value is -3.39. The van der Waals surface area contributed by atoms with Crippen LogP contribution in [0.4, 0.5) is 0 Å². The van der Waals surface area contributed by atoms with Crippen molar-refractivity contribution in [2.45, 2.75) is 38.9 Å². The Morgan fingerprint density at radius 1 is 0.636 bits per heavy atom. The highest BCUT2D eigenvalue weighted by molar-refractivity contribution is 6.62. The minimum atomic E-state index is -0.375. The molecule has 4 heteroatoms. The van der Waals surface area contributed by atoms with Gasteiger partial charge in [0.2, 0.25) is 0 Å². The van der Waals surface area contributed by atoms with Gasteiger partial charge in [-0.15, -0.1) is 0 Å². The minimum absolute atomic E-state index is 0.363. The van der Waals surface area contributed by atoms with Crippen LogP contribution in [-0.2, 0) is 9.31 Å². The van der Waals surface area contributed by atoms with Gasteiger partial charge in [-0.1, -0.05) is 48.5 Å². The maximum atomic E-state index is 9.09. The Bertz CT molecular complexity index is 1500. The summed E-state index contributed by atoms with van der Waals surface area (Å²) in [5.74, 6) is 0. The molecule has 5 aromatic rings. The van der Waals surface area contributed by atoms with Crippen LogP contribution in [0.25, 0.3) is 43.4 Å². The van der Waals surface area contributed by atoms with Gasteiger partial charge < -0.3 is 9.31 Å². The molecule has 5 aromatic carbocycles. The molecule has 0 N–H and O–H groups in total. The fourth-order valence-corrected chi connectivity index (χ4v) is 4.88. The number of rotatable bonds is 2. The van der Waals surface area contributed by atoms with Gasteiger partial charge in [0.1, 0.15) is 0 Å². The van der Waals surface area contributed by atoms with Crippen molar-refractivity contribution in [2.24, 2.45) is 0 Å². The number of benzene rings is 5. The molecule has 0 aromatic heterocycles. The highest BCUT2D eigenvalue weighted by atomic mass is 16.7. The van der Waals surface area contributed by atoms with Gasteiger partial charge in [-0.2, -0.15) is 5.26 Å². The van der Waals surface area contributed by atoms with Gasteiger partial charge >= 0.3 is 7.12 Å². The SMILES string of the molecule is CC1(C)OB(c2cc3ccc4cc(-c5ccc(C#N)cc5)cc5ccc(c2)c3c45)OC1(C)C. The van der Waals surface area contributed by atoms with Crippen molar-refractivity contribution in [1.29, 1.82) is 5.26 Å². The van der Waals surface area contributed by atoms with Gasteiger partial charge in [-0.05, 0) is 101 Å². The highest BCUT2D eigenvalue weighted by Gasteiger charge is 2.51. The number of hydrogen-bond acceptors (Lipinski definition) is 3. The van der Waals surface area contributed by atoms with E-state index in [0.717, 1.165) is 16.6 Å². The first-order valence-corrected chi connectivity index (χ1v) is 11.3. The zero-order valence-electron chi connectivity index (χ0n) is 19.3. The average Bonchev–Trinajstić information content (AvgIpc) is 3.03. The molecule has 0 amide bonds. The van der Waals surface area contributed by atoms with E-state index in [1.165, 1.54) is 32.3 Å². The van der Waals surface area contributed by atoms with Crippen molar-refractivity contribution < 1.29 is 9.31 Å². The van der Waals surface area contributed by atoms with Gasteiger partial charge in [0.15, 0.2) is 0 Å². The highest BCUT2D eigenvalue weighted by Crippen LogP contribution is 2.39. The molecular formula is C29H24BNO2. The summed E-state index contributed by atoms with van der Waals surface area (Å²) >= 11 is 0. The second-order valence-electron chi connectivity index (χ2n) is 10.0. The zero-order chi connectivity index (χ0) is 23.0. The van der Waals surface area contributed by atoms with Crippen LogP contribution < -0.4 is 5.46 Å².